The first kappa shape index (κ1) is 13.9. The van der Waals surface area contributed by atoms with Crippen molar-refractivity contribution < 1.29 is 5.11 Å². The van der Waals surface area contributed by atoms with Crippen LogP contribution < -0.4 is 0 Å². The highest BCUT2D eigenvalue weighted by Gasteiger charge is 2.13. The summed E-state index contributed by atoms with van der Waals surface area (Å²) < 4.78 is 0. The first-order valence-corrected chi connectivity index (χ1v) is 7.31. The molecule has 0 spiro atoms. The number of nitrogens with zero attached hydrogens (tertiary/aromatic N) is 3. The van der Waals surface area contributed by atoms with Crippen molar-refractivity contribution in [3.05, 3.63) is 46.5 Å². The van der Waals surface area contributed by atoms with Crippen molar-refractivity contribution in [1.29, 1.82) is 0 Å². The lowest BCUT2D eigenvalue weighted by molar-refractivity contribution is 0.460. The van der Waals surface area contributed by atoms with E-state index in [-0.39, 0.29) is 5.75 Å². The number of phenols is 1. The van der Waals surface area contributed by atoms with Crippen LogP contribution in [0.1, 0.15) is 24.5 Å². The summed E-state index contributed by atoms with van der Waals surface area (Å²) in [4.78, 5) is 1.47. The summed E-state index contributed by atoms with van der Waals surface area (Å²) in [5.41, 5.74) is 4.06. The highest BCUT2D eigenvalue weighted by molar-refractivity contribution is 6.31. The maximum absolute atomic E-state index is 10.5. The Morgan fingerprint density at radius 1 is 1.14 bits per heavy atom. The van der Waals surface area contributed by atoms with Gasteiger partial charge in [-0.2, -0.15) is 0 Å². The van der Waals surface area contributed by atoms with Crippen LogP contribution in [0.25, 0.3) is 16.7 Å². The molecule has 4 nitrogen and oxygen atoms in total. The van der Waals surface area contributed by atoms with Crippen LogP contribution in [-0.2, 0) is 6.42 Å². The van der Waals surface area contributed by atoms with Gasteiger partial charge < -0.3 is 5.11 Å². The standard InChI is InChI=1S/C16H16ClN3O/c1-3-4-11-7-10(2)8-15(16(11)21)20-18-13-6-5-12(17)9-14(13)19-20/h5-9,21H,3-4H2,1-2H3. The largest absolute Gasteiger partial charge is 0.505 e. The van der Waals surface area contributed by atoms with Crippen molar-refractivity contribution >= 4 is 22.6 Å². The number of aromatic nitrogens is 3. The molecule has 1 N–H and O–H groups in total. The zero-order valence-corrected chi connectivity index (χ0v) is 12.7. The third-order valence-corrected chi connectivity index (χ3v) is 3.63. The van der Waals surface area contributed by atoms with Crippen LogP contribution in [0.4, 0.5) is 0 Å². The molecule has 5 heteroatoms. The smallest absolute Gasteiger partial charge is 0.146 e. The molecule has 1 heterocycles. The number of aromatic hydroxyl groups is 1. The molecule has 1 aromatic heterocycles. The van der Waals surface area contributed by atoms with E-state index in [0.29, 0.717) is 16.2 Å². The fraction of sp³-hybridized carbons (Fsp3) is 0.250. The van der Waals surface area contributed by atoms with Crippen molar-refractivity contribution in [2.24, 2.45) is 0 Å². The molecule has 0 amide bonds. The quantitative estimate of drug-likeness (QED) is 0.794. The van der Waals surface area contributed by atoms with Gasteiger partial charge >= 0.3 is 0 Å². The van der Waals surface area contributed by atoms with E-state index in [0.717, 1.165) is 29.5 Å². The maximum Gasteiger partial charge on any atom is 0.146 e. The zero-order valence-electron chi connectivity index (χ0n) is 12.0. The second-order valence-electron chi connectivity index (χ2n) is 5.16. The fourth-order valence-corrected chi connectivity index (χ4v) is 2.61. The topological polar surface area (TPSA) is 50.9 Å². The first-order valence-electron chi connectivity index (χ1n) is 6.94. The number of halogens is 1. The van der Waals surface area contributed by atoms with Gasteiger partial charge in [0.05, 0.1) is 0 Å². The average molecular weight is 302 g/mol. The van der Waals surface area contributed by atoms with E-state index in [9.17, 15) is 5.11 Å². The Balaban J connectivity index is 2.17. The van der Waals surface area contributed by atoms with Crippen LogP contribution in [0.3, 0.4) is 0 Å². The van der Waals surface area contributed by atoms with Gasteiger partial charge in [0.1, 0.15) is 22.5 Å². The number of aryl methyl sites for hydroxylation is 2. The summed E-state index contributed by atoms with van der Waals surface area (Å²) in [5.74, 6) is 0.244. The molecule has 0 aliphatic carbocycles. The molecule has 108 valence electrons. The van der Waals surface area contributed by atoms with Gasteiger partial charge in [-0.15, -0.1) is 15.0 Å². The second-order valence-corrected chi connectivity index (χ2v) is 5.60. The van der Waals surface area contributed by atoms with E-state index in [1.807, 2.05) is 25.1 Å². The lowest BCUT2D eigenvalue weighted by Gasteiger charge is -2.10. The van der Waals surface area contributed by atoms with Crippen LogP contribution in [0, 0.1) is 6.92 Å². The third kappa shape index (κ3) is 2.59. The molecule has 3 aromatic rings. The lowest BCUT2D eigenvalue weighted by atomic mass is 10.0. The lowest BCUT2D eigenvalue weighted by Crippen LogP contribution is -2.01. The summed E-state index contributed by atoms with van der Waals surface area (Å²) in [6, 6.07) is 9.25. The van der Waals surface area contributed by atoms with Crippen LogP contribution in [0.2, 0.25) is 5.02 Å². The van der Waals surface area contributed by atoms with Gasteiger partial charge in [0.2, 0.25) is 0 Å². The van der Waals surface area contributed by atoms with E-state index in [1.165, 1.54) is 4.80 Å². The van der Waals surface area contributed by atoms with Crippen molar-refractivity contribution in [2.75, 3.05) is 0 Å². The predicted molar refractivity (Wildman–Crippen MR) is 84.3 cm³/mol. The number of hydrogen-bond acceptors (Lipinski definition) is 3. The summed E-state index contributed by atoms with van der Waals surface area (Å²) in [5, 5.41) is 19.9. The minimum atomic E-state index is 0.244. The van der Waals surface area contributed by atoms with E-state index in [1.54, 1.807) is 12.1 Å². The van der Waals surface area contributed by atoms with E-state index in [2.05, 4.69) is 17.1 Å². The molecule has 0 saturated heterocycles. The van der Waals surface area contributed by atoms with Gasteiger partial charge in [-0.25, -0.2) is 0 Å². The minimum absolute atomic E-state index is 0.244. The molecule has 0 unspecified atom stereocenters. The number of hydrogen-bond donors (Lipinski definition) is 1. The number of rotatable bonds is 3. The Morgan fingerprint density at radius 3 is 2.67 bits per heavy atom. The maximum atomic E-state index is 10.5. The van der Waals surface area contributed by atoms with Gasteiger partial charge in [0.15, 0.2) is 0 Å². The van der Waals surface area contributed by atoms with Gasteiger partial charge in [-0.3, -0.25) is 0 Å². The number of fused-ring (bicyclic) bond motifs is 1. The fourth-order valence-electron chi connectivity index (χ4n) is 2.44. The van der Waals surface area contributed by atoms with Gasteiger partial charge in [0, 0.05) is 5.02 Å². The summed E-state index contributed by atoms with van der Waals surface area (Å²) in [7, 11) is 0. The Morgan fingerprint density at radius 2 is 1.90 bits per heavy atom. The molecule has 3 rings (SSSR count). The molecule has 0 aliphatic rings. The molecule has 0 saturated carbocycles. The minimum Gasteiger partial charge on any atom is -0.505 e. The van der Waals surface area contributed by atoms with Crippen molar-refractivity contribution in [2.45, 2.75) is 26.7 Å². The van der Waals surface area contributed by atoms with Crippen molar-refractivity contribution in [1.82, 2.24) is 15.0 Å². The summed E-state index contributed by atoms with van der Waals surface area (Å²) in [6.07, 6.45) is 1.80. The normalized spacial score (nSPS) is 11.2. The SMILES string of the molecule is CCCc1cc(C)cc(-n2nc3ccc(Cl)cc3n2)c1O. The van der Waals surface area contributed by atoms with E-state index >= 15 is 0 Å². The Bertz CT molecular complexity index is 811. The van der Waals surface area contributed by atoms with E-state index < -0.39 is 0 Å². The molecule has 0 bridgehead atoms. The molecular formula is C16H16ClN3O. The molecule has 21 heavy (non-hydrogen) atoms. The molecule has 0 aliphatic heterocycles. The van der Waals surface area contributed by atoms with Gasteiger partial charge in [-0.1, -0.05) is 31.0 Å². The Hall–Kier alpha value is -2.07. The molecular weight excluding hydrogens is 286 g/mol. The van der Waals surface area contributed by atoms with E-state index in [4.69, 9.17) is 11.6 Å². The van der Waals surface area contributed by atoms with Crippen molar-refractivity contribution in [3.8, 4) is 11.4 Å². The average Bonchev–Trinajstić information content (AvgIpc) is 2.85. The van der Waals surface area contributed by atoms with Gasteiger partial charge in [-0.05, 0) is 48.7 Å². The monoisotopic (exact) mass is 301 g/mol. The summed E-state index contributed by atoms with van der Waals surface area (Å²) in [6.45, 7) is 4.09. The highest BCUT2D eigenvalue weighted by atomic mass is 35.5. The summed E-state index contributed by atoms with van der Waals surface area (Å²) >= 11 is 5.97. The molecule has 0 fully saturated rings. The van der Waals surface area contributed by atoms with Gasteiger partial charge in [0.25, 0.3) is 0 Å². The molecule has 0 atom stereocenters. The van der Waals surface area contributed by atoms with Crippen LogP contribution in [-0.4, -0.2) is 20.1 Å². The molecule has 0 radical (unpaired) electrons. The second kappa shape index (κ2) is 5.37. The third-order valence-electron chi connectivity index (χ3n) is 3.39. The number of phenolic OH excluding ortho intramolecular Hbond substituents is 1. The van der Waals surface area contributed by atoms with Crippen molar-refractivity contribution in [3.63, 3.8) is 0 Å². The van der Waals surface area contributed by atoms with Crippen LogP contribution >= 0.6 is 11.6 Å². The van der Waals surface area contributed by atoms with Crippen LogP contribution in [0.15, 0.2) is 30.3 Å². The first-order chi connectivity index (χ1) is 10.1. The zero-order chi connectivity index (χ0) is 15.0. The number of benzene rings is 2. The van der Waals surface area contributed by atoms with Crippen LogP contribution in [0.5, 0.6) is 5.75 Å². The highest BCUT2D eigenvalue weighted by Crippen LogP contribution is 2.29. The predicted octanol–water partition coefficient (Wildman–Crippen LogP) is 4.04. The molecule has 2 aromatic carbocycles. The Labute approximate surface area is 128 Å². The Kier molecular flexibility index (Phi) is 3.55.